The summed E-state index contributed by atoms with van der Waals surface area (Å²) >= 11 is 7.18. The van der Waals surface area contributed by atoms with Gasteiger partial charge in [0.1, 0.15) is 27.3 Å². The molecule has 0 aliphatic rings. The van der Waals surface area contributed by atoms with E-state index < -0.39 is 5.91 Å². The maximum atomic E-state index is 12.7. The van der Waals surface area contributed by atoms with Gasteiger partial charge in [0.05, 0.1) is 24.0 Å². The van der Waals surface area contributed by atoms with Gasteiger partial charge < -0.3 is 21.5 Å². The van der Waals surface area contributed by atoms with E-state index in [0.29, 0.717) is 26.7 Å². The molecule has 0 aliphatic heterocycles. The highest BCUT2D eigenvalue weighted by Gasteiger charge is 2.20. The van der Waals surface area contributed by atoms with Crippen molar-refractivity contribution in [3.05, 3.63) is 39.2 Å². The summed E-state index contributed by atoms with van der Waals surface area (Å²) in [6, 6.07) is 6.83. The van der Waals surface area contributed by atoms with E-state index in [0.717, 1.165) is 16.9 Å². The number of nitrogens with one attached hydrogen (secondary N) is 1. The molecule has 0 saturated heterocycles. The quantitative estimate of drug-likeness (QED) is 0.630. The van der Waals surface area contributed by atoms with Crippen LogP contribution in [0.3, 0.4) is 0 Å². The molecule has 0 bridgehead atoms. The fourth-order valence-corrected chi connectivity index (χ4v) is 3.56. The molecule has 3 aromatic rings. The molecular formula is C17H14ClN5O2S. The molecule has 2 aromatic heterocycles. The van der Waals surface area contributed by atoms with E-state index in [4.69, 9.17) is 33.1 Å². The standard InChI is InChI=1S/C17H14ClN5O2S/c1-7-3-11(12(25-2)5-10(7)18)22-16(24)14-13(20)9-4-8(6-19)15(21)23-17(9)26-14/h3-5H,20H2,1-2H3,(H2,21,23)(H,22,24). The number of methoxy groups -OCH3 is 1. The van der Waals surface area contributed by atoms with Gasteiger partial charge in [0.25, 0.3) is 5.91 Å². The smallest absolute Gasteiger partial charge is 0.268 e. The third kappa shape index (κ3) is 2.98. The molecule has 0 aliphatic carbocycles. The van der Waals surface area contributed by atoms with Gasteiger partial charge in [0, 0.05) is 16.5 Å². The van der Waals surface area contributed by atoms with Crippen LogP contribution < -0.4 is 21.5 Å². The maximum absolute atomic E-state index is 12.7. The number of aryl methyl sites for hydroxylation is 1. The largest absolute Gasteiger partial charge is 0.495 e. The SMILES string of the molecule is COc1cc(Cl)c(C)cc1NC(=O)c1sc2nc(N)c(C#N)cc2c1N. The zero-order valence-corrected chi connectivity index (χ0v) is 15.5. The Balaban J connectivity index is 2.03. The monoisotopic (exact) mass is 387 g/mol. The Kier molecular flexibility index (Phi) is 4.59. The molecule has 5 N–H and O–H groups in total. The van der Waals surface area contributed by atoms with Crippen molar-refractivity contribution in [3.63, 3.8) is 0 Å². The van der Waals surface area contributed by atoms with Crippen LogP contribution in [0.1, 0.15) is 20.8 Å². The number of fused-ring (bicyclic) bond motifs is 1. The van der Waals surface area contributed by atoms with Crippen molar-refractivity contribution in [1.29, 1.82) is 5.26 Å². The molecule has 9 heteroatoms. The van der Waals surface area contributed by atoms with Crippen LogP contribution in [0.2, 0.25) is 5.02 Å². The van der Waals surface area contributed by atoms with E-state index in [-0.39, 0.29) is 21.9 Å². The Labute approximate surface area is 158 Å². The number of nitriles is 1. The van der Waals surface area contributed by atoms with Crippen LogP contribution in [0.15, 0.2) is 18.2 Å². The molecule has 2 heterocycles. The van der Waals surface area contributed by atoms with Crippen molar-refractivity contribution in [2.24, 2.45) is 0 Å². The van der Waals surface area contributed by atoms with Gasteiger partial charge in [-0.25, -0.2) is 4.98 Å². The van der Waals surface area contributed by atoms with Gasteiger partial charge >= 0.3 is 0 Å². The van der Waals surface area contributed by atoms with Crippen LogP contribution in [0.5, 0.6) is 5.75 Å². The van der Waals surface area contributed by atoms with Gasteiger partial charge in [-0.2, -0.15) is 5.26 Å². The van der Waals surface area contributed by atoms with E-state index in [1.165, 1.54) is 13.2 Å². The number of aromatic nitrogens is 1. The van der Waals surface area contributed by atoms with E-state index in [1.807, 2.05) is 13.0 Å². The van der Waals surface area contributed by atoms with E-state index in [9.17, 15) is 4.79 Å². The number of hydrogen-bond donors (Lipinski definition) is 3. The molecule has 1 aromatic carbocycles. The zero-order valence-electron chi connectivity index (χ0n) is 13.9. The van der Waals surface area contributed by atoms with Crippen molar-refractivity contribution in [2.45, 2.75) is 6.92 Å². The summed E-state index contributed by atoms with van der Waals surface area (Å²) in [6.45, 7) is 1.82. The number of amides is 1. The lowest BCUT2D eigenvalue weighted by Crippen LogP contribution is -2.13. The first-order valence-corrected chi connectivity index (χ1v) is 8.59. The highest BCUT2D eigenvalue weighted by atomic mass is 35.5. The average Bonchev–Trinajstić information content (AvgIpc) is 2.93. The van der Waals surface area contributed by atoms with Crippen molar-refractivity contribution < 1.29 is 9.53 Å². The molecule has 0 radical (unpaired) electrons. The number of pyridine rings is 1. The highest BCUT2D eigenvalue weighted by Crippen LogP contribution is 2.36. The second-order valence-electron chi connectivity index (χ2n) is 5.49. The molecule has 0 spiro atoms. The first-order chi connectivity index (χ1) is 12.3. The number of nitrogen functional groups attached to an aromatic ring is 2. The molecule has 0 fully saturated rings. The number of halogens is 1. The number of thiophene rings is 1. The van der Waals surface area contributed by atoms with Crippen LogP contribution in [0.4, 0.5) is 17.2 Å². The minimum absolute atomic E-state index is 0.100. The molecule has 0 saturated carbocycles. The Morgan fingerprint density at radius 2 is 2.12 bits per heavy atom. The summed E-state index contributed by atoms with van der Waals surface area (Å²) in [5.74, 6) is 0.119. The number of carbonyl (C=O) groups excluding carboxylic acids is 1. The highest BCUT2D eigenvalue weighted by molar-refractivity contribution is 7.21. The first-order valence-electron chi connectivity index (χ1n) is 7.39. The Morgan fingerprint density at radius 1 is 1.38 bits per heavy atom. The molecule has 26 heavy (non-hydrogen) atoms. The number of nitrogens with zero attached hydrogens (tertiary/aromatic N) is 2. The summed E-state index contributed by atoms with van der Waals surface area (Å²) in [6.07, 6.45) is 0. The topological polar surface area (TPSA) is 127 Å². The van der Waals surface area contributed by atoms with Gasteiger partial charge in [0.2, 0.25) is 0 Å². The van der Waals surface area contributed by atoms with Gasteiger partial charge in [-0.3, -0.25) is 4.79 Å². The fraction of sp³-hybridized carbons (Fsp3) is 0.118. The lowest BCUT2D eigenvalue weighted by molar-refractivity contribution is 0.103. The predicted molar refractivity (Wildman–Crippen MR) is 104 cm³/mol. The van der Waals surface area contributed by atoms with Crippen LogP contribution in [-0.4, -0.2) is 18.0 Å². The zero-order chi connectivity index (χ0) is 19.0. The molecule has 132 valence electrons. The predicted octanol–water partition coefficient (Wildman–Crippen LogP) is 3.56. The molecule has 0 unspecified atom stereocenters. The number of anilines is 3. The van der Waals surface area contributed by atoms with E-state index in [2.05, 4.69) is 10.3 Å². The van der Waals surface area contributed by atoms with E-state index >= 15 is 0 Å². The number of nitrogens with two attached hydrogens (primary N) is 2. The lowest BCUT2D eigenvalue weighted by atomic mass is 10.2. The Morgan fingerprint density at radius 3 is 2.77 bits per heavy atom. The second kappa shape index (κ2) is 6.71. The first kappa shape index (κ1) is 17.8. The van der Waals surface area contributed by atoms with Crippen LogP contribution in [0.25, 0.3) is 10.2 Å². The van der Waals surface area contributed by atoms with Crippen LogP contribution in [0, 0.1) is 18.3 Å². The molecular weight excluding hydrogens is 374 g/mol. The Hall–Kier alpha value is -3.02. The maximum Gasteiger partial charge on any atom is 0.268 e. The van der Waals surface area contributed by atoms with Gasteiger partial charge in [-0.05, 0) is 24.6 Å². The van der Waals surface area contributed by atoms with Gasteiger partial charge in [-0.1, -0.05) is 11.6 Å². The fourth-order valence-electron chi connectivity index (χ4n) is 2.42. The summed E-state index contributed by atoms with van der Waals surface area (Å²) in [5.41, 5.74) is 13.6. The van der Waals surface area contributed by atoms with E-state index in [1.54, 1.807) is 12.1 Å². The minimum atomic E-state index is -0.414. The second-order valence-corrected chi connectivity index (χ2v) is 6.89. The van der Waals surface area contributed by atoms with Crippen LogP contribution >= 0.6 is 22.9 Å². The number of benzene rings is 1. The minimum Gasteiger partial charge on any atom is -0.495 e. The van der Waals surface area contributed by atoms with Crippen LogP contribution in [-0.2, 0) is 0 Å². The summed E-state index contributed by atoms with van der Waals surface area (Å²) in [5, 5.41) is 12.9. The summed E-state index contributed by atoms with van der Waals surface area (Å²) in [4.78, 5) is 17.6. The van der Waals surface area contributed by atoms with Crippen molar-refractivity contribution in [3.8, 4) is 11.8 Å². The summed E-state index contributed by atoms with van der Waals surface area (Å²) < 4.78 is 5.26. The van der Waals surface area contributed by atoms with Crippen molar-refractivity contribution in [1.82, 2.24) is 4.98 Å². The lowest BCUT2D eigenvalue weighted by Gasteiger charge is -2.12. The number of rotatable bonds is 3. The number of ether oxygens (including phenoxy) is 1. The number of hydrogen-bond acceptors (Lipinski definition) is 7. The molecule has 1 amide bonds. The number of carbonyl (C=O) groups is 1. The molecule has 7 nitrogen and oxygen atoms in total. The van der Waals surface area contributed by atoms with Gasteiger partial charge in [0.15, 0.2) is 0 Å². The van der Waals surface area contributed by atoms with Gasteiger partial charge in [-0.15, -0.1) is 11.3 Å². The molecule has 3 rings (SSSR count). The Bertz CT molecular complexity index is 1090. The third-order valence-corrected chi connectivity index (χ3v) is 5.33. The third-order valence-electron chi connectivity index (χ3n) is 3.81. The average molecular weight is 388 g/mol. The van der Waals surface area contributed by atoms with Crippen molar-refractivity contribution >= 4 is 56.3 Å². The normalized spacial score (nSPS) is 10.5. The molecule has 0 atom stereocenters. The summed E-state index contributed by atoms with van der Waals surface area (Å²) in [7, 11) is 1.49. The van der Waals surface area contributed by atoms with Crippen molar-refractivity contribution in [2.75, 3.05) is 23.9 Å².